The van der Waals surface area contributed by atoms with E-state index in [0.29, 0.717) is 12.1 Å². The summed E-state index contributed by atoms with van der Waals surface area (Å²) in [6, 6.07) is 3.54. The number of halogens is 1. The fourth-order valence-electron chi connectivity index (χ4n) is 3.22. The van der Waals surface area contributed by atoms with Crippen molar-refractivity contribution in [1.82, 2.24) is 14.9 Å². The van der Waals surface area contributed by atoms with E-state index >= 15 is 0 Å². The molecule has 0 saturated carbocycles. The van der Waals surface area contributed by atoms with E-state index in [1.54, 1.807) is 27.1 Å². The summed E-state index contributed by atoms with van der Waals surface area (Å²) in [6.45, 7) is 4.31. The summed E-state index contributed by atoms with van der Waals surface area (Å²) in [5.41, 5.74) is 0.680. The second kappa shape index (κ2) is 7.05. The fraction of sp³-hybridized carbons (Fsp3) is 0.444. The van der Waals surface area contributed by atoms with Crippen molar-refractivity contribution < 1.29 is 23.8 Å². The van der Waals surface area contributed by atoms with E-state index < -0.39 is 23.7 Å². The van der Waals surface area contributed by atoms with Gasteiger partial charge in [-0.25, -0.2) is 4.39 Å². The predicted molar refractivity (Wildman–Crippen MR) is 91.1 cm³/mol. The van der Waals surface area contributed by atoms with Gasteiger partial charge >= 0.3 is 0 Å². The molecule has 1 aromatic rings. The van der Waals surface area contributed by atoms with Gasteiger partial charge in [-0.15, -0.1) is 0 Å². The zero-order chi connectivity index (χ0) is 19.0. The van der Waals surface area contributed by atoms with Crippen molar-refractivity contribution in [3.63, 3.8) is 0 Å². The van der Waals surface area contributed by atoms with Crippen LogP contribution in [0.1, 0.15) is 19.4 Å². The van der Waals surface area contributed by atoms with E-state index in [4.69, 9.17) is 4.74 Å². The second-order valence-corrected chi connectivity index (χ2v) is 6.66. The summed E-state index contributed by atoms with van der Waals surface area (Å²) in [4.78, 5) is 26.2. The van der Waals surface area contributed by atoms with Gasteiger partial charge in [0.2, 0.25) is 0 Å². The molecule has 2 aliphatic rings. The van der Waals surface area contributed by atoms with E-state index in [9.17, 15) is 19.1 Å². The number of hydrogen-bond donors (Lipinski definition) is 1. The number of ketones is 1. The van der Waals surface area contributed by atoms with Crippen molar-refractivity contribution in [2.75, 3.05) is 13.8 Å². The molecule has 3 rings (SSSR count). The van der Waals surface area contributed by atoms with Crippen LogP contribution in [0.4, 0.5) is 4.39 Å². The molecular formula is C18H22FN3O4. The molecule has 0 spiro atoms. The van der Waals surface area contributed by atoms with Crippen LogP contribution in [0, 0.1) is 5.82 Å². The highest BCUT2D eigenvalue weighted by atomic mass is 19.1. The minimum Gasteiger partial charge on any atom is -0.494 e. The molecule has 2 aliphatic heterocycles. The molecule has 0 aliphatic carbocycles. The number of hydrazine groups is 1. The number of aliphatic hydroxyl groups is 1. The third-order valence-electron chi connectivity index (χ3n) is 4.65. The SMILES string of the molecule is COc1ccc(CN2CN(C(C)C)C(=O)C3C(O)C(=O)C=CN32)cc1F. The number of benzene rings is 1. The molecule has 0 radical (unpaired) electrons. The minimum absolute atomic E-state index is 0.104. The lowest BCUT2D eigenvalue weighted by molar-refractivity contribution is -0.184. The third-order valence-corrected chi connectivity index (χ3v) is 4.65. The Morgan fingerprint density at radius 2 is 2.08 bits per heavy atom. The molecule has 1 saturated heterocycles. The topological polar surface area (TPSA) is 73.3 Å². The maximum atomic E-state index is 14.0. The van der Waals surface area contributed by atoms with Crippen molar-refractivity contribution >= 4 is 11.7 Å². The fourth-order valence-corrected chi connectivity index (χ4v) is 3.22. The van der Waals surface area contributed by atoms with E-state index in [1.165, 1.54) is 25.5 Å². The smallest absolute Gasteiger partial charge is 0.251 e. The number of fused-ring (bicyclic) bond motifs is 1. The summed E-state index contributed by atoms with van der Waals surface area (Å²) >= 11 is 0. The van der Waals surface area contributed by atoms with Gasteiger partial charge < -0.3 is 14.7 Å². The largest absolute Gasteiger partial charge is 0.494 e. The Kier molecular flexibility index (Phi) is 4.97. The van der Waals surface area contributed by atoms with Crippen molar-refractivity contribution in [2.45, 2.75) is 38.6 Å². The molecule has 0 bridgehead atoms. The Labute approximate surface area is 151 Å². The van der Waals surface area contributed by atoms with Crippen LogP contribution in [0.15, 0.2) is 30.5 Å². The van der Waals surface area contributed by atoms with Crippen molar-refractivity contribution in [2.24, 2.45) is 0 Å². The zero-order valence-electron chi connectivity index (χ0n) is 14.9. The number of rotatable bonds is 4. The Morgan fingerprint density at radius 3 is 2.69 bits per heavy atom. The number of ether oxygens (including phenoxy) is 1. The molecule has 8 heteroatoms. The lowest BCUT2D eigenvalue weighted by atomic mass is 10.00. The number of nitrogens with zero attached hydrogens (tertiary/aromatic N) is 3. The number of hydrogen-bond acceptors (Lipinski definition) is 6. The zero-order valence-corrected chi connectivity index (χ0v) is 14.9. The molecule has 1 amide bonds. The molecule has 1 fully saturated rings. The molecule has 1 aromatic carbocycles. The number of methoxy groups -OCH3 is 1. The number of carbonyl (C=O) groups is 2. The molecule has 140 valence electrons. The van der Waals surface area contributed by atoms with Gasteiger partial charge in [0.25, 0.3) is 5.91 Å². The highest BCUT2D eigenvalue weighted by molar-refractivity contribution is 6.00. The first-order valence-corrected chi connectivity index (χ1v) is 8.39. The van der Waals surface area contributed by atoms with Crippen LogP contribution in [0.25, 0.3) is 0 Å². The van der Waals surface area contributed by atoms with Gasteiger partial charge in [0, 0.05) is 24.9 Å². The Hall–Kier alpha value is -2.45. The van der Waals surface area contributed by atoms with E-state index in [2.05, 4.69) is 0 Å². The van der Waals surface area contributed by atoms with E-state index in [0.717, 1.165) is 0 Å². The maximum Gasteiger partial charge on any atom is 0.251 e. The number of carbonyl (C=O) groups excluding carboxylic acids is 2. The van der Waals surface area contributed by atoms with Crippen LogP contribution in [-0.4, -0.2) is 63.7 Å². The monoisotopic (exact) mass is 363 g/mol. The molecule has 2 unspecified atom stereocenters. The molecule has 1 N–H and O–H groups in total. The van der Waals surface area contributed by atoms with Crippen LogP contribution < -0.4 is 4.74 Å². The Morgan fingerprint density at radius 1 is 1.35 bits per heavy atom. The third kappa shape index (κ3) is 3.17. The molecule has 2 heterocycles. The standard InChI is InChI=1S/C18H22FN3O4/c1-11(2)21-10-20(9-12-4-5-15(26-3)13(19)8-12)22-7-6-14(23)17(24)16(22)18(21)25/h4-8,11,16-17,24H,9-10H2,1-3H3. The average Bonchev–Trinajstić information content (AvgIpc) is 2.59. The van der Waals surface area contributed by atoms with Gasteiger partial charge in [-0.2, -0.15) is 5.01 Å². The number of aliphatic hydroxyl groups excluding tert-OH is 1. The summed E-state index contributed by atoms with van der Waals surface area (Å²) in [6.07, 6.45) is 1.32. The number of amides is 1. The normalized spacial score (nSPS) is 23.6. The van der Waals surface area contributed by atoms with Gasteiger partial charge in [0.1, 0.15) is 6.10 Å². The summed E-state index contributed by atoms with van der Waals surface area (Å²) in [5.74, 6) is -1.12. The Balaban J connectivity index is 1.91. The first-order valence-electron chi connectivity index (χ1n) is 8.39. The van der Waals surface area contributed by atoms with Gasteiger partial charge in [-0.3, -0.25) is 14.6 Å². The van der Waals surface area contributed by atoms with Crippen LogP contribution in [0.5, 0.6) is 5.75 Å². The second-order valence-electron chi connectivity index (χ2n) is 6.66. The highest BCUT2D eigenvalue weighted by Gasteiger charge is 2.46. The van der Waals surface area contributed by atoms with E-state index in [-0.39, 0.29) is 24.4 Å². The molecule has 2 atom stereocenters. The lowest BCUT2D eigenvalue weighted by Gasteiger charge is -2.50. The summed E-state index contributed by atoms with van der Waals surface area (Å²) in [7, 11) is 1.40. The van der Waals surface area contributed by atoms with E-state index in [1.807, 2.05) is 13.8 Å². The van der Waals surface area contributed by atoms with Crippen molar-refractivity contribution in [1.29, 1.82) is 0 Å². The lowest BCUT2D eigenvalue weighted by Crippen LogP contribution is -2.68. The predicted octanol–water partition coefficient (Wildman–Crippen LogP) is 0.887. The summed E-state index contributed by atoms with van der Waals surface area (Å²) in [5, 5.41) is 13.6. The first kappa shape index (κ1) is 18.3. The minimum atomic E-state index is -1.43. The maximum absolute atomic E-state index is 14.0. The van der Waals surface area contributed by atoms with Crippen molar-refractivity contribution in [3.05, 3.63) is 41.9 Å². The van der Waals surface area contributed by atoms with Crippen LogP contribution in [-0.2, 0) is 16.1 Å². The molecule has 26 heavy (non-hydrogen) atoms. The quantitative estimate of drug-likeness (QED) is 0.857. The summed E-state index contributed by atoms with van der Waals surface area (Å²) < 4.78 is 18.9. The highest BCUT2D eigenvalue weighted by Crippen LogP contribution is 2.27. The van der Waals surface area contributed by atoms with Gasteiger partial charge in [-0.05, 0) is 31.5 Å². The van der Waals surface area contributed by atoms with Crippen LogP contribution in [0.3, 0.4) is 0 Å². The van der Waals surface area contributed by atoms with Gasteiger partial charge in [0.05, 0.1) is 13.8 Å². The van der Waals surface area contributed by atoms with Gasteiger partial charge in [0.15, 0.2) is 23.4 Å². The van der Waals surface area contributed by atoms with Gasteiger partial charge in [-0.1, -0.05) is 6.07 Å². The molecule has 0 aromatic heterocycles. The van der Waals surface area contributed by atoms with Crippen LogP contribution >= 0.6 is 0 Å². The molecule has 7 nitrogen and oxygen atoms in total. The van der Waals surface area contributed by atoms with Crippen LogP contribution in [0.2, 0.25) is 0 Å². The Bertz CT molecular complexity index is 752. The van der Waals surface area contributed by atoms with Crippen molar-refractivity contribution in [3.8, 4) is 5.75 Å². The first-order chi connectivity index (χ1) is 12.3. The molecular weight excluding hydrogens is 341 g/mol. The average molecular weight is 363 g/mol.